The summed E-state index contributed by atoms with van der Waals surface area (Å²) in [5.41, 5.74) is 0.239. The Morgan fingerprint density at radius 2 is 1.94 bits per heavy atom. The van der Waals surface area contributed by atoms with E-state index in [4.69, 9.17) is 4.74 Å². The first-order chi connectivity index (χ1) is 7.53. The van der Waals surface area contributed by atoms with Crippen LogP contribution in [0.3, 0.4) is 0 Å². The van der Waals surface area contributed by atoms with Crippen LogP contribution in [0.5, 0.6) is 0 Å². The van der Waals surface area contributed by atoms with Gasteiger partial charge in [-0.1, -0.05) is 0 Å². The van der Waals surface area contributed by atoms with Gasteiger partial charge in [0.05, 0.1) is 6.10 Å². The number of hydrogen-bond acceptors (Lipinski definition) is 3. The number of hydrogen-bond donors (Lipinski definition) is 2. The summed E-state index contributed by atoms with van der Waals surface area (Å²) in [6.07, 6.45) is 5.41. The number of rotatable bonds is 6. The Hall–Kier alpha value is -0.120. The Morgan fingerprint density at radius 1 is 1.19 bits per heavy atom. The molecule has 2 unspecified atom stereocenters. The van der Waals surface area contributed by atoms with Crippen molar-refractivity contribution in [1.82, 2.24) is 10.6 Å². The van der Waals surface area contributed by atoms with E-state index in [-0.39, 0.29) is 5.54 Å². The van der Waals surface area contributed by atoms with Gasteiger partial charge in [-0.2, -0.15) is 0 Å². The van der Waals surface area contributed by atoms with Gasteiger partial charge in [-0.05, 0) is 59.5 Å². The minimum absolute atomic E-state index is 0.239. The van der Waals surface area contributed by atoms with Crippen LogP contribution in [0, 0.1) is 0 Å². The summed E-state index contributed by atoms with van der Waals surface area (Å²) in [6.45, 7) is 8.80. The molecule has 0 spiro atoms. The molecule has 1 rings (SSSR count). The van der Waals surface area contributed by atoms with E-state index in [1.807, 2.05) is 7.11 Å². The zero-order chi connectivity index (χ0) is 12.0. The van der Waals surface area contributed by atoms with Gasteiger partial charge in [0.1, 0.15) is 0 Å². The Balaban J connectivity index is 2.03. The molecule has 0 amide bonds. The van der Waals surface area contributed by atoms with Crippen molar-refractivity contribution in [2.75, 3.05) is 20.2 Å². The highest BCUT2D eigenvalue weighted by Crippen LogP contribution is 2.21. The summed E-state index contributed by atoms with van der Waals surface area (Å²) in [5, 5.41) is 7.11. The third-order valence-electron chi connectivity index (χ3n) is 3.17. The maximum absolute atomic E-state index is 5.46. The zero-order valence-electron chi connectivity index (χ0n) is 11.3. The Kier molecular flexibility index (Phi) is 5.73. The lowest BCUT2D eigenvalue weighted by Crippen LogP contribution is -2.40. The molecule has 96 valence electrons. The Labute approximate surface area is 100 Å². The van der Waals surface area contributed by atoms with Crippen molar-refractivity contribution in [3.8, 4) is 0 Å². The zero-order valence-corrected chi connectivity index (χ0v) is 11.3. The highest BCUT2D eigenvalue weighted by molar-refractivity contribution is 4.83. The van der Waals surface area contributed by atoms with Gasteiger partial charge in [0.25, 0.3) is 0 Å². The molecule has 3 heteroatoms. The molecule has 0 bridgehead atoms. The van der Waals surface area contributed by atoms with Crippen LogP contribution in [0.1, 0.15) is 46.5 Å². The molecule has 0 aromatic heterocycles. The second-order valence-corrected chi connectivity index (χ2v) is 5.80. The molecule has 0 heterocycles. The van der Waals surface area contributed by atoms with E-state index in [2.05, 4.69) is 31.4 Å². The van der Waals surface area contributed by atoms with Crippen LogP contribution in [-0.4, -0.2) is 37.9 Å². The van der Waals surface area contributed by atoms with Crippen molar-refractivity contribution in [2.45, 2.75) is 64.1 Å². The van der Waals surface area contributed by atoms with Crippen molar-refractivity contribution in [3.05, 3.63) is 0 Å². The molecular weight excluding hydrogens is 200 g/mol. The van der Waals surface area contributed by atoms with E-state index >= 15 is 0 Å². The lowest BCUT2D eigenvalue weighted by molar-refractivity contribution is 0.0852. The third kappa shape index (κ3) is 5.28. The molecule has 0 aromatic rings. The molecule has 1 fully saturated rings. The average Bonchev–Trinajstić information content (AvgIpc) is 2.63. The fraction of sp³-hybridized carbons (Fsp3) is 1.00. The first-order valence-electron chi connectivity index (χ1n) is 6.54. The molecule has 0 radical (unpaired) electrons. The maximum Gasteiger partial charge on any atom is 0.0724 e. The lowest BCUT2D eigenvalue weighted by Gasteiger charge is -2.22. The summed E-state index contributed by atoms with van der Waals surface area (Å²) in [4.78, 5) is 0. The fourth-order valence-corrected chi connectivity index (χ4v) is 2.28. The van der Waals surface area contributed by atoms with Crippen molar-refractivity contribution in [3.63, 3.8) is 0 Å². The van der Waals surface area contributed by atoms with Gasteiger partial charge in [0.2, 0.25) is 0 Å². The monoisotopic (exact) mass is 228 g/mol. The van der Waals surface area contributed by atoms with Gasteiger partial charge in [0.15, 0.2) is 0 Å². The quantitative estimate of drug-likeness (QED) is 0.682. The predicted molar refractivity (Wildman–Crippen MR) is 68.8 cm³/mol. The molecule has 2 atom stereocenters. The molecule has 0 aliphatic heterocycles. The van der Waals surface area contributed by atoms with Crippen LogP contribution in [0.2, 0.25) is 0 Å². The average molecular weight is 228 g/mol. The van der Waals surface area contributed by atoms with Crippen molar-refractivity contribution in [1.29, 1.82) is 0 Å². The molecule has 16 heavy (non-hydrogen) atoms. The normalized spacial score (nSPS) is 26.2. The largest absolute Gasteiger partial charge is 0.380 e. The topological polar surface area (TPSA) is 33.3 Å². The van der Waals surface area contributed by atoms with Crippen LogP contribution in [-0.2, 0) is 4.74 Å². The molecule has 1 aliphatic rings. The highest BCUT2D eigenvalue weighted by atomic mass is 16.5. The lowest BCUT2D eigenvalue weighted by atomic mass is 10.1. The third-order valence-corrected chi connectivity index (χ3v) is 3.17. The SMILES string of the molecule is COC1CCCC1NCCCNC(C)(C)C. The van der Waals surface area contributed by atoms with E-state index in [0.717, 1.165) is 13.1 Å². The van der Waals surface area contributed by atoms with E-state index in [1.165, 1.54) is 25.7 Å². The van der Waals surface area contributed by atoms with Crippen molar-refractivity contribution < 1.29 is 4.74 Å². The van der Waals surface area contributed by atoms with E-state index in [1.54, 1.807) is 0 Å². The number of nitrogens with one attached hydrogen (secondary N) is 2. The summed E-state index contributed by atoms with van der Waals surface area (Å²) in [5.74, 6) is 0. The van der Waals surface area contributed by atoms with Gasteiger partial charge in [-0.25, -0.2) is 0 Å². The summed E-state index contributed by atoms with van der Waals surface area (Å²) in [7, 11) is 1.83. The number of methoxy groups -OCH3 is 1. The molecule has 0 saturated heterocycles. The fourth-order valence-electron chi connectivity index (χ4n) is 2.28. The van der Waals surface area contributed by atoms with Gasteiger partial charge in [-0.3, -0.25) is 0 Å². The van der Waals surface area contributed by atoms with E-state index in [0.29, 0.717) is 12.1 Å². The van der Waals surface area contributed by atoms with Crippen LogP contribution < -0.4 is 10.6 Å². The van der Waals surface area contributed by atoms with Gasteiger partial charge in [0, 0.05) is 18.7 Å². The molecule has 1 aliphatic carbocycles. The second-order valence-electron chi connectivity index (χ2n) is 5.80. The van der Waals surface area contributed by atoms with Gasteiger partial charge < -0.3 is 15.4 Å². The van der Waals surface area contributed by atoms with Crippen molar-refractivity contribution >= 4 is 0 Å². The van der Waals surface area contributed by atoms with Crippen molar-refractivity contribution in [2.24, 2.45) is 0 Å². The summed E-state index contributed by atoms with van der Waals surface area (Å²) >= 11 is 0. The maximum atomic E-state index is 5.46. The van der Waals surface area contributed by atoms with Crippen LogP contribution >= 0.6 is 0 Å². The van der Waals surface area contributed by atoms with Gasteiger partial charge in [-0.15, -0.1) is 0 Å². The van der Waals surface area contributed by atoms with Crippen LogP contribution in [0.15, 0.2) is 0 Å². The molecule has 2 N–H and O–H groups in total. The standard InChI is InChI=1S/C13H28N2O/c1-13(2,3)15-10-6-9-14-11-7-5-8-12(11)16-4/h11-12,14-15H,5-10H2,1-4H3. The number of ether oxygens (including phenoxy) is 1. The smallest absolute Gasteiger partial charge is 0.0724 e. The summed E-state index contributed by atoms with van der Waals surface area (Å²) in [6, 6.07) is 0.583. The Morgan fingerprint density at radius 3 is 2.56 bits per heavy atom. The highest BCUT2D eigenvalue weighted by Gasteiger charge is 2.25. The van der Waals surface area contributed by atoms with Gasteiger partial charge >= 0.3 is 0 Å². The van der Waals surface area contributed by atoms with E-state index < -0.39 is 0 Å². The van der Waals surface area contributed by atoms with Crippen LogP contribution in [0.4, 0.5) is 0 Å². The predicted octanol–water partition coefficient (Wildman–Crippen LogP) is 1.92. The minimum Gasteiger partial charge on any atom is -0.380 e. The van der Waals surface area contributed by atoms with Crippen LogP contribution in [0.25, 0.3) is 0 Å². The molecule has 3 nitrogen and oxygen atoms in total. The molecular formula is C13H28N2O. The Bertz CT molecular complexity index is 189. The molecule has 0 aromatic carbocycles. The first kappa shape index (κ1) is 13.9. The summed E-state index contributed by atoms with van der Waals surface area (Å²) < 4.78 is 5.46. The second kappa shape index (κ2) is 6.58. The minimum atomic E-state index is 0.239. The van der Waals surface area contributed by atoms with E-state index in [9.17, 15) is 0 Å². The molecule has 1 saturated carbocycles. The first-order valence-corrected chi connectivity index (χ1v) is 6.54.